The van der Waals surface area contributed by atoms with Crippen LogP contribution in [-0.4, -0.2) is 30.1 Å². The maximum absolute atomic E-state index is 5.79. The molecule has 3 N–H and O–H groups in total. The Kier molecular flexibility index (Phi) is 4.04. The number of aliphatic imine (C=N–C) groups is 2. The number of hydrogen-bond donors (Lipinski definition) is 2. The fourth-order valence-corrected chi connectivity index (χ4v) is 2.81. The monoisotopic (exact) mass is 348 g/mol. The zero-order valence-electron chi connectivity index (χ0n) is 14.2. The first-order valence-electron chi connectivity index (χ1n) is 8.09. The van der Waals surface area contributed by atoms with Crippen molar-refractivity contribution in [2.45, 2.75) is 6.54 Å². The average Bonchev–Trinajstić information content (AvgIpc) is 3.08. The van der Waals surface area contributed by atoms with Crippen LogP contribution in [0.15, 0.2) is 70.1 Å². The largest absolute Gasteiger partial charge is 0.481 e. The Bertz CT molecular complexity index is 946. The molecule has 1 atom stereocenters. The van der Waals surface area contributed by atoms with Crippen molar-refractivity contribution in [1.29, 1.82) is 0 Å². The average molecular weight is 348 g/mol. The van der Waals surface area contributed by atoms with E-state index in [9.17, 15) is 0 Å². The number of anilines is 1. The number of benzene rings is 1. The number of hydrogen-bond acceptors (Lipinski definition) is 7. The number of pyridine rings is 1. The molecule has 0 spiro atoms. The van der Waals surface area contributed by atoms with Crippen LogP contribution >= 0.6 is 0 Å². The second-order valence-corrected chi connectivity index (χ2v) is 5.74. The normalized spacial score (nSPS) is 20.4. The molecule has 1 unspecified atom stereocenters. The van der Waals surface area contributed by atoms with E-state index in [1.54, 1.807) is 31.8 Å². The Morgan fingerprint density at radius 1 is 1.23 bits per heavy atom. The Morgan fingerprint density at radius 3 is 2.92 bits per heavy atom. The number of nitrogens with two attached hydrogens (primary N) is 1. The predicted molar refractivity (Wildman–Crippen MR) is 103 cm³/mol. The molecule has 130 valence electrons. The van der Waals surface area contributed by atoms with Gasteiger partial charge in [0.2, 0.25) is 5.88 Å². The topological polar surface area (TPSA) is 97.2 Å². The highest BCUT2D eigenvalue weighted by atomic mass is 16.5. The van der Waals surface area contributed by atoms with Gasteiger partial charge in [-0.1, -0.05) is 16.7 Å². The van der Waals surface area contributed by atoms with E-state index in [1.807, 2.05) is 36.5 Å². The lowest BCUT2D eigenvalue weighted by atomic mass is 10.2. The first-order chi connectivity index (χ1) is 12.7. The van der Waals surface area contributed by atoms with E-state index in [2.05, 4.69) is 20.3 Å². The van der Waals surface area contributed by atoms with E-state index >= 15 is 0 Å². The van der Waals surface area contributed by atoms with Crippen molar-refractivity contribution in [3.05, 3.63) is 60.6 Å². The summed E-state index contributed by atoms with van der Waals surface area (Å²) in [5, 5.41) is 7.97. The molecule has 0 saturated carbocycles. The van der Waals surface area contributed by atoms with Crippen molar-refractivity contribution in [1.82, 2.24) is 9.58 Å². The van der Waals surface area contributed by atoms with Crippen molar-refractivity contribution in [3.63, 3.8) is 0 Å². The molecule has 2 aromatic rings. The molecule has 4 rings (SSSR count). The van der Waals surface area contributed by atoms with E-state index in [1.165, 1.54) is 0 Å². The van der Waals surface area contributed by atoms with Gasteiger partial charge in [-0.05, 0) is 16.7 Å². The molecule has 0 fully saturated rings. The lowest BCUT2D eigenvalue weighted by Crippen LogP contribution is -2.44. The highest BCUT2D eigenvalue weighted by molar-refractivity contribution is 6.38. The van der Waals surface area contributed by atoms with E-state index < -0.39 is 0 Å². The molecule has 8 nitrogen and oxygen atoms in total. The number of guanidine groups is 1. The molecule has 1 aromatic heterocycles. The minimum Gasteiger partial charge on any atom is -0.481 e. The Balaban J connectivity index is 1.70. The summed E-state index contributed by atoms with van der Waals surface area (Å²) in [6.45, 7) is 0.463. The Morgan fingerprint density at radius 2 is 2.15 bits per heavy atom. The van der Waals surface area contributed by atoms with Crippen LogP contribution in [-0.2, 0) is 6.54 Å². The van der Waals surface area contributed by atoms with Gasteiger partial charge in [0.15, 0.2) is 11.9 Å². The van der Waals surface area contributed by atoms with Crippen molar-refractivity contribution >= 4 is 29.4 Å². The summed E-state index contributed by atoms with van der Waals surface area (Å²) in [5.74, 6) is 1.72. The summed E-state index contributed by atoms with van der Waals surface area (Å²) in [6.07, 6.45) is 6.98. The van der Waals surface area contributed by atoms with E-state index in [0.29, 0.717) is 24.2 Å². The van der Waals surface area contributed by atoms with Gasteiger partial charge in [-0.2, -0.15) is 4.99 Å². The molecule has 8 heteroatoms. The van der Waals surface area contributed by atoms with Crippen LogP contribution in [0.4, 0.5) is 11.4 Å². The number of methoxy groups -OCH3 is 1. The molecule has 2 aliphatic heterocycles. The Hall–Kier alpha value is -3.36. The van der Waals surface area contributed by atoms with Gasteiger partial charge >= 0.3 is 0 Å². The second kappa shape index (κ2) is 6.51. The first-order valence-corrected chi connectivity index (χ1v) is 8.09. The number of quaternary nitrogens is 1. The lowest BCUT2D eigenvalue weighted by molar-refractivity contribution is 0.398. The van der Waals surface area contributed by atoms with E-state index in [-0.39, 0.29) is 4.59 Å². The van der Waals surface area contributed by atoms with Gasteiger partial charge in [0.05, 0.1) is 25.2 Å². The number of nitrogens with one attached hydrogen (secondary N) is 1. The number of ether oxygens (including phenoxy) is 1. The molecule has 0 saturated heterocycles. The second-order valence-electron chi connectivity index (χ2n) is 5.74. The summed E-state index contributed by atoms with van der Waals surface area (Å²) in [5.41, 5.74) is 8.53. The zero-order valence-corrected chi connectivity index (χ0v) is 14.2. The molecule has 26 heavy (non-hydrogen) atoms. The molecule has 2 aliphatic rings. The first kappa shape index (κ1) is 16.1. The summed E-state index contributed by atoms with van der Waals surface area (Å²) in [7, 11) is 1.58. The molecular formula is C18H18N7O+. The Labute approximate surface area is 150 Å². The van der Waals surface area contributed by atoms with Gasteiger partial charge in [0.1, 0.15) is 6.21 Å². The quantitative estimate of drug-likeness (QED) is 0.828. The lowest BCUT2D eigenvalue weighted by Gasteiger charge is -2.24. The predicted octanol–water partition coefficient (Wildman–Crippen LogP) is 2.21. The fraction of sp³-hybridized carbons (Fsp3) is 0.111. The van der Waals surface area contributed by atoms with Crippen molar-refractivity contribution < 1.29 is 4.74 Å². The SMILES string of the molecule is COc1ccc(NC2=N[N+]3(c4cccc(CN)c4)C=CN=CC3=N2)cn1. The minimum atomic E-state index is 0.114. The van der Waals surface area contributed by atoms with Crippen LogP contribution in [0, 0.1) is 0 Å². The molecular weight excluding hydrogens is 330 g/mol. The van der Waals surface area contributed by atoms with E-state index in [0.717, 1.165) is 16.9 Å². The van der Waals surface area contributed by atoms with Crippen LogP contribution in [0.25, 0.3) is 0 Å². The molecule has 3 heterocycles. The minimum absolute atomic E-state index is 0.114. The smallest absolute Gasteiger partial charge is 0.287 e. The third-order valence-electron chi connectivity index (χ3n) is 4.12. The van der Waals surface area contributed by atoms with Crippen molar-refractivity contribution in [2.75, 3.05) is 12.4 Å². The van der Waals surface area contributed by atoms with Gasteiger partial charge in [-0.15, -0.1) is 0 Å². The molecule has 0 bridgehead atoms. The maximum atomic E-state index is 5.79. The molecule has 0 amide bonds. The van der Waals surface area contributed by atoms with Gasteiger partial charge in [-0.25, -0.2) is 4.98 Å². The molecule has 1 aromatic carbocycles. The van der Waals surface area contributed by atoms with Crippen LogP contribution < -0.4 is 20.4 Å². The van der Waals surface area contributed by atoms with Gasteiger partial charge in [0.25, 0.3) is 11.8 Å². The molecule has 0 radical (unpaired) electrons. The summed E-state index contributed by atoms with van der Waals surface area (Å²) in [4.78, 5) is 13.0. The van der Waals surface area contributed by atoms with Gasteiger partial charge < -0.3 is 15.8 Å². The fourth-order valence-electron chi connectivity index (χ4n) is 2.81. The number of fused-ring (bicyclic) bond motifs is 1. The third-order valence-corrected chi connectivity index (χ3v) is 4.12. The zero-order chi connectivity index (χ0) is 18.0. The summed E-state index contributed by atoms with van der Waals surface area (Å²) >= 11 is 0. The van der Waals surface area contributed by atoms with E-state index in [4.69, 9.17) is 15.6 Å². The number of aromatic nitrogens is 1. The van der Waals surface area contributed by atoms with Gasteiger partial charge in [0, 0.05) is 24.7 Å². The van der Waals surface area contributed by atoms with Gasteiger partial charge in [-0.3, -0.25) is 4.99 Å². The summed E-state index contributed by atoms with van der Waals surface area (Å²) < 4.78 is 5.19. The van der Waals surface area contributed by atoms with Crippen LogP contribution in [0.2, 0.25) is 0 Å². The number of amidine groups is 1. The summed E-state index contributed by atoms with van der Waals surface area (Å²) in [6, 6.07) is 11.6. The van der Waals surface area contributed by atoms with Crippen LogP contribution in [0.3, 0.4) is 0 Å². The third kappa shape index (κ3) is 2.77. The number of rotatable bonds is 4. The van der Waals surface area contributed by atoms with Crippen molar-refractivity contribution in [2.24, 2.45) is 20.8 Å². The molecule has 0 aliphatic carbocycles. The standard InChI is InChI=1S/C18H18N7O/c1-26-17-6-5-14(11-21-17)22-18-23-16-12-20-7-8-25(16,24-18)15-4-2-3-13(9-15)10-19/h2-9,11-12H,10,19H2,1H3,(H,22,24)/q+1. The van der Waals surface area contributed by atoms with Crippen molar-refractivity contribution in [3.8, 4) is 5.88 Å². The highest BCUT2D eigenvalue weighted by Crippen LogP contribution is 2.31. The van der Waals surface area contributed by atoms with Crippen LogP contribution in [0.1, 0.15) is 5.56 Å². The number of nitrogens with zero attached hydrogens (tertiary/aromatic N) is 5. The van der Waals surface area contributed by atoms with Crippen LogP contribution in [0.5, 0.6) is 5.88 Å². The highest BCUT2D eigenvalue weighted by Gasteiger charge is 2.42. The maximum Gasteiger partial charge on any atom is 0.287 e.